The number of carbonyl (C=O) groups is 3. The largest absolute Gasteiger partial charge is 0.465 e. The topological polar surface area (TPSA) is 69.7 Å². The second-order valence-corrected chi connectivity index (χ2v) is 9.57. The Bertz CT molecular complexity index is 723. The van der Waals surface area contributed by atoms with E-state index in [4.69, 9.17) is 9.47 Å². The molecule has 0 fully saturated rings. The van der Waals surface area contributed by atoms with E-state index in [-0.39, 0.29) is 24.2 Å². The van der Waals surface area contributed by atoms with Gasteiger partial charge in [-0.05, 0) is 31.4 Å². The van der Waals surface area contributed by atoms with E-state index in [9.17, 15) is 14.4 Å². The van der Waals surface area contributed by atoms with E-state index >= 15 is 0 Å². The van der Waals surface area contributed by atoms with E-state index in [2.05, 4.69) is 6.92 Å². The summed E-state index contributed by atoms with van der Waals surface area (Å²) in [6.07, 6.45) is 18.9. The van der Waals surface area contributed by atoms with Gasteiger partial charge in [-0.1, -0.05) is 116 Å². The van der Waals surface area contributed by atoms with Crippen LogP contribution in [0.1, 0.15) is 134 Å². The van der Waals surface area contributed by atoms with Crippen molar-refractivity contribution in [1.29, 1.82) is 0 Å². The normalized spacial score (nSPS) is 11.3. The average molecular weight is 489 g/mol. The Morgan fingerprint density at radius 2 is 1.20 bits per heavy atom. The molecule has 198 valence electrons. The lowest BCUT2D eigenvalue weighted by Gasteiger charge is -2.27. The summed E-state index contributed by atoms with van der Waals surface area (Å²) in [5.74, 6) is -1.04. The monoisotopic (exact) mass is 488 g/mol. The van der Waals surface area contributed by atoms with Gasteiger partial charge in [0.25, 0.3) is 0 Å². The van der Waals surface area contributed by atoms with Gasteiger partial charge in [0.1, 0.15) is 5.75 Å². The van der Waals surface area contributed by atoms with Crippen LogP contribution in [0.2, 0.25) is 0 Å². The van der Waals surface area contributed by atoms with Gasteiger partial charge in [0.2, 0.25) is 0 Å². The fourth-order valence-corrected chi connectivity index (χ4v) is 4.38. The van der Waals surface area contributed by atoms with Crippen LogP contribution in [0.25, 0.3) is 0 Å². The van der Waals surface area contributed by atoms with Crippen molar-refractivity contribution >= 4 is 18.2 Å². The SMILES string of the molecule is CCCCCCCCCCCCCCCCOC(=O)C(CC)(CC)C(=O)Oc1ccccc1C=O. The zero-order valence-corrected chi connectivity index (χ0v) is 22.4. The number of carbonyl (C=O) groups excluding carboxylic acids is 3. The van der Waals surface area contributed by atoms with Crippen molar-refractivity contribution in [2.75, 3.05) is 6.61 Å². The summed E-state index contributed by atoms with van der Waals surface area (Å²) in [5.41, 5.74) is -1.08. The van der Waals surface area contributed by atoms with Crippen LogP contribution in [-0.2, 0) is 14.3 Å². The molecule has 0 saturated carbocycles. The van der Waals surface area contributed by atoms with Crippen LogP contribution in [0.3, 0.4) is 0 Å². The van der Waals surface area contributed by atoms with Crippen molar-refractivity contribution in [3.05, 3.63) is 29.8 Å². The maximum Gasteiger partial charge on any atom is 0.328 e. The fourth-order valence-electron chi connectivity index (χ4n) is 4.38. The Labute approximate surface area is 213 Å². The third kappa shape index (κ3) is 11.4. The molecule has 5 nitrogen and oxygen atoms in total. The molecule has 0 aliphatic rings. The van der Waals surface area contributed by atoms with Gasteiger partial charge in [0.05, 0.1) is 12.2 Å². The van der Waals surface area contributed by atoms with E-state index in [1.165, 1.54) is 70.6 Å². The fraction of sp³-hybridized carbons (Fsp3) is 0.700. The van der Waals surface area contributed by atoms with Crippen LogP contribution in [0, 0.1) is 5.41 Å². The van der Waals surface area contributed by atoms with Crippen molar-refractivity contribution < 1.29 is 23.9 Å². The quantitative estimate of drug-likeness (QED) is 0.0573. The summed E-state index contributed by atoms with van der Waals surface area (Å²) < 4.78 is 11.0. The predicted molar refractivity (Wildman–Crippen MR) is 142 cm³/mol. The Hall–Kier alpha value is -2.17. The molecule has 0 aliphatic carbocycles. The number of hydrogen-bond donors (Lipinski definition) is 0. The Morgan fingerprint density at radius 3 is 1.69 bits per heavy atom. The lowest BCUT2D eigenvalue weighted by molar-refractivity contribution is -0.168. The molecule has 5 heteroatoms. The molecule has 0 radical (unpaired) electrons. The lowest BCUT2D eigenvalue weighted by Crippen LogP contribution is -2.42. The van der Waals surface area contributed by atoms with Crippen molar-refractivity contribution in [2.24, 2.45) is 5.41 Å². The number of ether oxygens (including phenoxy) is 2. The molecular formula is C30H48O5. The maximum absolute atomic E-state index is 12.9. The second kappa shape index (κ2) is 19.1. The molecule has 0 heterocycles. The molecule has 0 unspecified atom stereocenters. The maximum atomic E-state index is 12.9. The van der Waals surface area contributed by atoms with Crippen LogP contribution in [0.15, 0.2) is 24.3 Å². The third-order valence-electron chi connectivity index (χ3n) is 6.97. The number of para-hydroxylation sites is 1. The smallest absolute Gasteiger partial charge is 0.328 e. The van der Waals surface area contributed by atoms with Crippen LogP contribution in [0.4, 0.5) is 0 Å². The summed E-state index contributed by atoms with van der Waals surface area (Å²) in [5, 5.41) is 0. The molecule has 35 heavy (non-hydrogen) atoms. The highest BCUT2D eigenvalue weighted by Crippen LogP contribution is 2.31. The van der Waals surface area contributed by atoms with E-state index in [0.717, 1.165) is 19.3 Å². The molecule has 0 N–H and O–H groups in total. The first-order valence-corrected chi connectivity index (χ1v) is 14.0. The summed E-state index contributed by atoms with van der Waals surface area (Å²) >= 11 is 0. The Balaban J connectivity index is 2.24. The molecule has 0 aromatic heterocycles. The van der Waals surface area contributed by atoms with E-state index < -0.39 is 17.4 Å². The predicted octanol–water partition coefficient (Wildman–Crippen LogP) is 8.24. The molecule has 0 atom stereocenters. The molecule has 1 aromatic rings. The molecule has 0 amide bonds. The standard InChI is InChI=1S/C30H48O5/c1-4-7-8-9-10-11-12-13-14-15-16-17-18-21-24-34-28(32)30(5-2,6-3)29(33)35-27-23-20-19-22-26(27)25-31/h19-20,22-23,25H,4-18,21,24H2,1-3H3. The van der Waals surface area contributed by atoms with Gasteiger partial charge in [-0.15, -0.1) is 0 Å². The number of esters is 2. The minimum Gasteiger partial charge on any atom is -0.465 e. The van der Waals surface area contributed by atoms with Gasteiger partial charge in [-0.25, -0.2) is 0 Å². The summed E-state index contributed by atoms with van der Waals surface area (Å²) in [6.45, 7) is 6.14. The first-order valence-electron chi connectivity index (χ1n) is 14.0. The first kappa shape index (κ1) is 30.9. The van der Waals surface area contributed by atoms with Gasteiger partial charge in [-0.2, -0.15) is 0 Å². The molecular weight excluding hydrogens is 440 g/mol. The molecule has 1 aromatic carbocycles. The zero-order chi connectivity index (χ0) is 25.8. The Kier molecular flexibility index (Phi) is 16.8. The highest BCUT2D eigenvalue weighted by atomic mass is 16.6. The highest BCUT2D eigenvalue weighted by molar-refractivity contribution is 6.01. The molecule has 0 spiro atoms. The first-order chi connectivity index (χ1) is 17.1. The average Bonchev–Trinajstić information content (AvgIpc) is 2.87. The van der Waals surface area contributed by atoms with Crippen molar-refractivity contribution in [2.45, 2.75) is 124 Å². The van der Waals surface area contributed by atoms with Crippen LogP contribution < -0.4 is 4.74 Å². The molecule has 0 bridgehead atoms. The number of aldehydes is 1. The third-order valence-corrected chi connectivity index (χ3v) is 6.97. The molecule has 0 saturated heterocycles. The van der Waals surface area contributed by atoms with E-state index in [1.807, 2.05) is 0 Å². The van der Waals surface area contributed by atoms with Crippen molar-refractivity contribution in [3.8, 4) is 5.75 Å². The number of rotatable bonds is 21. The van der Waals surface area contributed by atoms with Gasteiger partial charge in [-0.3, -0.25) is 14.4 Å². The van der Waals surface area contributed by atoms with E-state index in [0.29, 0.717) is 12.9 Å². The zero-order valence-electron chi connectivity index (χ0n) is 22.4. The number of benzene rings is 1. The summed E-state index contributed by atoms with van der Waals surface area (Å²) in [6, 6.07) is 6.50. The summed E-state index contributed by atoms with van der Waals surface area (Å²) in [4.78, 5) is 37.0. The lowest BCUT2D eigenvalue weighted by atomic mass is 9.82. The number of unbranched alkanes of at least 4 members (excludes halogenated alkanes) is 13. The summed E-state index contributed by atoms with van der Waals surface area (Å²) in [7, 11) is 0. The van der Waals surface area contributed by atoms with Crippen LogP contribution in [-0.4, -0.2) is 24.8 Å². The molecule has 0 aliphatic heterocycles. The highest BCUT2D eigenvalue weighted by Gasteiger charge is 2.46. The molecule has 1 rings (SSSR count). The Morgan fingerprint density at radius 1 is 0.714 bits per heavy atom. The van der Waals surface area contributed by atoms with Crippen molar-refractivity contribution in [1.82, 2.24) is 0 Å². The van der Waals surface area contributed by atoms with Gasteiger partial charge >= 0.3 is 11.9 Å². The number of hydrogen-bond acceptors (Lipinski definition) is 5. The van der Waals surface area contributed by atoms with Crippen LogP contribution in [0.5, 0.6) is 5.75 Å². The van der Waals surface area contributed by atoms with Gasteiger partial charge in [0.15, 0.2) is 11.7 Å². The minimum absolute atomic E-state index is 0.165. The minimum atomic E-state index is -1.36. The van der Waals surface area contributed by atoms with Crippen LogP contribution >= 0.6 is 0 Å². The van der Waals surface area contributed by atoms with Gasteiger partial charge in [0, 0.05) is 0 Å². The van der Waals surface area contributed by atoms with Crippen molar-refractivity contribution in [3.63, 3.8) is 0 Å². The van der Waals surface area contributed by atoms with E-state index in [1.54, 1.807) is 38.1 Å². The van der Waals surface area contributed by atoms with Gasteiger partial charge < -0.3 is 9.47 Å². The second-order valence-electron chi connectivity index (χ2n) is 9.57.